The van der Waals surface area contributed by atoms with Gasteiger partial charge in [-0.05, 0) is 108 Å². The Morgan fingerprint density at radius 1 is 0.465 bits per heavy atom. The van der Waals surface area contributed by atoms with Gasteiger partial charge in [0, 0.05) is 39.3 Å². The predicted octanol–water partition coefficient (Wildman–Crippen LogP) is -0.0325. The van der Waals surface area contributed by atoms with Crippen LogP contribution in [-0.2, 0) is 47.9 Å². The second kappa shape index (κ2) is 23.9. The molecule has 0 unspecified atom stereocenters. The zero-order chi connectivity index (χ0) is 52.0. The van der Waals surface area contributed by atoms with E-state index in [-0.39, 0.29) is 61.0 Å². The lowest BCUT2D eigenvalue weighted by molar-refractivity contribution is -0.150. The maximum absolute atomic E-state index is 14.5. The van der Waals surface area contributed by atoms with E-state index in [1.54, 1.807) is 25.7 Å². The Morgan fingerprint density at radius 2 is 0.803 bits per heavy atom. The van der Waals surface area contributed by atoms with Crippen LogP contribution in [0.5, 0.6) is 0 Å². The Morgan fingerprint density at radius 3 is 1.17 bits per heavy atom. The fourth-order valence-electron chi connectivity index (χ4n) is 11.7. The second-order valence-electron chi connectivity index (χ2n) is 21.6. The molecule has 0 aromatic heterocycles. The predicted molar refractivity (Wildman–Crippen MR) is 261 cm³/mol. The summed E-state index contributed by atoms with van der Waals surface area (Å²) in [5.41, 5.74) is 11.8. The van der Waals surface area contributed by atoms with Gasteiger partial charge >= 0.3 is 0 Å². The third-order valence-electron chi connectivity index (χ3n) is 15.8. The molecule has 6 saturated heterocycles. The molecule has 396 valence electrons. The van der Waals surface area contributed by atoms with E-state index in [1.165, 1.54) is 24.5 Å². The minimum Gasteiger partial charge on any atom is -0.368 e. The molecule has 6 aliphatic rings. The van der Waals surface area contributed by atoms with Crippen molar-refractivity contribution in [3.05, 3.63) is 0 Å². The van der Waals surface area contributed by atoms with E-state index < -0.39 is 95.9 Å². The number of nitrogens with two attached hydrogens (primary N) is 2. The number of hydrogen-bond donors (Lipinski definition) is 5. The normalized spacial score (nSPS) is 26.7. The number of rotatable bonds is 18. The van der Waals surface area contributed by atoms with Crippen molar-refractivity contribution < 1.29 is 47.9 Å². The van der Waals surface area contributed by atoms with Crippen LogP contribution in [0.4, 0.5) is 0 Å². The number of carbonyl (C=O) groups excluding carboxylic acids is 10. The number of amides is 10. The summed E-state index contributed by atoms with van der Waals surface area (Å²) in [5, 5.41) is 8.50. The van der Waals surface area contributed by atoms with Crippen molar-refractivity contribution in [2.45, 2.75) is 199 Å². The maximum atomic E-state index is 14.5. The van der Waals surface area contributed by atoms with Gasteiger partial charge in [-0.3, -0.25) is 47.9 Å². The number of carbonyl (C=O) groups is 10. The summed E-state index contributed by atoms with van der Waals surface area (Å²) in [4.78, 5) is 147. The zero-order valence-electron chi connectivity index (χ0n) is 43.1. The van der Waals surface area contributed by atoms with Gasteiger partial charge in [-0.25, -0.2) is 0 Å². The smallest absolute Gasteiger partial charge is 0.246 e. The first-order valence-electron chi connectivity index (χ1n) is 26.5. The molecule has 6 rings (SSSR count). The average Bonchev–Trinajstić information content (AvgIpc) is 4.19. The number of nitrogens with one attached hydrogen (secondary N) is 3. The molecule has 6 aliphatic heterocycles. The van der Waals surface area contributed by atoms with E-state index in [0.29, 0.717) is 110 Å². The molecule has 10 amide bonds. The molecule has 21 nitrogen and oxygen atoms in total. The molecular weight excluding hydrogens is 915 g/mol. The van der Waals surface area contributed by atoms with Crippen molar-refractivity contribution in [2.75, 3.05) is 39.3 Å². The van der Waals surface area contributed by atoms with Crippen LogP contribution in [0, 0.1) is 17.8 Å². The average molecular weight is 996 g/mol. The molecular formula is C50H81N11O10. The lowest BCUT2D eigenvalue weighted by Crippen LogP contribution is -2.60. The summed E-state index contributed by atoms with van der Waals surface area (Å²) >= 11 is 0. The Hall–Kier alpha value is -5.34. The SMILES string of the molecule is CC[C@H](C)[C@H](NC(=O)[C@@H]1CCCN1C(=O)[C@@H]1CCCN1C(=O)[C@H](C)NC(=O)[C@@H]1CCCN1C(=O)[C@@H]1CCCN1C(=O)[C@@H](N)CC(C)C)C(=O)N1CCC[C@H]1C(=O)N1CCC[C@H]1C(=O)N[C@H](C(N)=O)C(C)C. The highest BCUT2D eigenvalue weighted by molar-refractivity contribution is 5.99. The topological polar surface area (TPSA) is 278 Å². The number of nitrogens with zero attached hydrogens (tertiary/aromatic N) is 6. The van der Waals surface area contributed by atoms with Crippen LogP contribution in [0.25, 0.3) is 0 Å². The first kappa shape index (κ1) is 55.0. The van der Waals surface area contributed by atoms with Gasteiger partial charge in [0.15, 0.2) is 0 Å². The van der Waals surface area contributed by atoms with Crippen molar-refractivity contribution in [2.24, 2.45) is 29.2 Å². The van der Waals surface area contributed by atoms with Crippen LogP contribution in [0.3, 0.4) is 0 Å². The van der Waals surface area contributed by atoms with Crippen LogP contribution in [0.15, 0.2) is 0 Å². The van der Waals surface area contributed by atoms with Gasteiger partial charge in [0.25, 0.3) is 0 Å². The molecule has 11 atom stereocenters. The van der Waals surface area contributed by atoms with Crippen LogP contribution in [-0.4, -0.2) is 188 Å². The van der Waals surface area contributed by atoms with Crippen molar-refractivity contribution >= 4 is 59.1 Å². The fourth-order valence-corrected chi connectivity index (χ4v) is 11.7. The minimum atomic E-state index is -1.03. The molecule has 21 heteroatoms. The number of hydrogen-bond acceptors (Lipinski definition) is 11. The van der Waals surface area contributed by atoms with E-state index in [0.717, 1.165) is 0 Å². The monoisotopic (exact) mass is 996 g/mol. The maximum Gasteiger partial charge on any atom is 0.246 e. The molecule has 6 fully saturated rings. The highest BCUT2D eigenvalue weighted by Gasteiger charge is 2.48. The first-order valence-corrected chi connectivity index (χ1v) is 26.5. The van der Waals surface area contributed by atoms with Crippen LogP contribution >= 0.6 is 0 Å². The first-order chi connectivity index (χ1) is 33.7. The Balaban J connectivity index is 1.06. The molecule has 0 spiro atoms. The van der Waals surface area contributed by atoms with E-state index in [2.05, 4.69) is 16.0 Å². The summed E-state index contributed by atoms with van der Waals surface area (Å²) in [7, 11) is 0. The summed E-state index contributed by atoms with van der Waals surface area (Å²) in [6.45, 7) is 14.7. The van der Waals surface area contributed by atoms with Crippen LogP contribution in [0.1, 0.15) is 138 Å². The van der Waals surface area contributed by atoms with Gasteiger partial charge in [-0.1, -0.05) is 48.0 Å². The Bertz CT molecular complexity index is 2040. The van der Waals surface area contributed by atoms with Gasteiger partial charge in [-0.15, -0.1) is 0 Å². The van der Waals surface area contributed by atoms with Crippen molar-refractivity contribution in [3.8, 4) is 0 Å². The summed E-state index contributed by atoms with van der Waals surface area (Å²) in [6, 6.07) is -8.64. The van der Waals surface area contributed by atoms with Crippen LogP contribution in [0.2, 0.25) is 0 Å². The minimum absolute atomic E-state index is 0.207. The third kappa shape index (κ3) is 12.1. The highest BCUT2D eigenvalue weighted by Crippen LogP contribution is 2.30. The van der Waals surface area contributed by atoms with Gasteiger partial charge in [-0.2, -0.15) is 0 Å². The quantitative estimate of drug-likeness (QED) is 0.122. The Kier molecular flexibility index (Phi) is 18.5. The molecule has 71 heavy (non-hydrogen) atoms. The highest BCUT2D eigenvalue weighted by atomic mass is 16.2. The molecule has 6 heterocycles. The summed E-state index contributed by atoms with van der Waals surface area (Å²) in [6.07, 6.45) is 6.79. The molecule has 0 aliphatic carbocycles. The molecule has 0 radical (unpaired) electrons. The Labute approximate surface area is 418 Å². The largest absolute Gasteiger partial charge is 0.368 e. The van der Waals surface area contributed by atoms with E-state index in [1.807, 2.05) is 27.7 Å². The van der Waals surface area contributed by atoms with Gasteiger partial charge in [0.1, 0.15) is 54.4 Å². The second-order valence-corrected chi connectivity index (χ2v) is 21.6. The van der Waals surface area contributed by atoms with Gasteiger partial charge in [0.05, 0.1) is 6.04 Å². The number of likely N-dealkylation sites (tertiary alicyclic amines) is 6. The van der Waals surface area contributed by atoms with E-state index in [4.69, 9.17) is 11.5 Å². The molecule has 0 saturated carbocycles. The van der Waals surface area contributed by atoms with Crippen LogP contribution < -0.4 is 27.4 Å². The third-order valence-corrected chi connectivity index (χ3v) is 15.8. The molecule has 7 N–H and O–H groups in total. The van der Waals surface area contributed by atoms with Crippen molar-refractivity contribution in [3.63, 3.8) is 0 Å². The molecule has 0 bridgehead atoms. The van der Waals surface area contributed by atoms with E-state index >= 15 is 0 Å². The molecule has 0 aromatic carbocycles. The van der Waals surface area contributed by atoms with Gasteiger partial charge < -0.3 is 56.8 Å². The zero-order valence-corrected chi connectivity index (χ0v) is 43.1. The summed E-state index contributed by atoms with van der Waals surface area (Å²) < 4.78 is 0. The lowest BCUT2D eigenvalue weighted by atomic mass is 9.96. The lowest BCUT2D eigenvalue weighted by Gasteiger charge is -2.36. The van der Waals surface area contributed by atoms with E-state index in [9.17, 15) is 47.9 Å². The van der Waals surface area contributed by atoms with Crippen molar-refractivity contribution in [1.29, 1.82) is 0 Å². The standard InChI is InChI=1S/C50H81N11O10/c1-8-30(6)40(50(71)61-26-14-20-38(61)49(70)57-22-10-16-34(57)43(64)54-39(29(4)5)41(52)62)55-44(65)35-17-11-23-58(35)47(68)36-18-12-24-59(36)45(66)31(7)53-42(63)33-15-9-21-56(33)48(69)37-19-13-25-60(37)46(67)32(51)27-28(2)3/h28-40H,8-27,51H2,1-7H3,(H2,52,62)(H,53,63)(H,54,64)(H,55,65)/t30-,31-,32-,33-,34-,35-,36-,37-,38-,39-,40-/m0/s1. The fraction of sp³-hybridized carbons (Fsp3) is 0.800. The van der Waals surface area contributed by atoms with Crippen molar-refractivity contribution in [1.82, 2.24) is 45.3 Å². The number of primary amides is 1. The molecule has 0 aromatic rings. The summed E-state index contributed by atoms with van der Waals surface area (Å²) in [5.74, 6) is -4.70. The van der Waals surface area contributed by atoms with Gasteiger partial charge in [0.2, 0.25) is 59.1 Å².